The van der Waals surface area contributed by atoms with Gasteiger partial charge >= 0.3 is 0 Å². The molecule has 1 atom stereocenters. The van der Waals surface area contributed by atoms with Crippen molar-refractivity contribution < 1.29 is 4.79 Å². The number of nitrogens with one attached hydrogen (secondary N) is 1. The Morgan fingerprint density at radius 1 is 1.35 bits per heavy atom. The van der Waals surface area contributed by atoms with Crippen LogP contribution in [0.25, 0.3) is 10.2 Å². The van der Waals surface area contributed by atoms with Gasteiger partial charge in [-0.2, -0.15) is 0 Å². The highest BCUT2D eigenvalue weighted by atomic mass is 32.1. The molecule has 0 spiro atoms. The summed E-state index contributed by atoms with van der Waals surface area (Å²) in [5, 5.41) is 3.70. The minimum absolute atomic E-state index is 0.0924. The zero-order valence-electron chi connectivity index (χ0n) is 11.8. The molecule has 1 aliphatic carbocycles. The third-order valence-electron chi connectivity index (χ3n) is 3.70. The fourth-order valence-electron chi connectivity index (χ4n) is 2.66. The third kappa shape index (κ3) is 2.61. The van der Waals surface area contributed by atoms with Crippen molar-refractivity contribution in [1.82, 2.24) is 4.98 Å². The third-order valence-corrected chi connectivity index (χ3v) is 4.62. The second-order valence-corrected chi connectivity index (χ2v) is 6.45. The molecular formula is C16H18N2OS. The van der Waals surface area contributed by atoms with Crippen LogP contribution in [0.4, 0.5) is 5.13 Å². The summed E-state index contributed by atoms with van der Waals surface area (Å²) in [4.78, 5) is 16.8. The average molecular weight is 286 g/mol. The topological polar surface area (TPSA) is 42.0 Å². The SMILES string of the molecule is Cc1cc(C)c2nc(NC(=O)C3CC=CCC3)sc2c1. The van der Waals surface area contributed by atoms with E-state index in [1.54, 1.807) is 11.3 Å². The number of allylic oxidation sites excluding steroid dienone is 2. The van der Waals surface area contributed by atoms with Crippen LogP contribution >= 0.6 is 11.3 Å². The first-order valence-corrected chi connectivity index (χ1v) is 7.79. The molecule has 0 saturated heterocycles. The number of aryl methyl sites for hydroxylation is 2. The normalized spacial score (nSPS) is 18.4. The van der Waals surface area contributed by atoms with Gasteiger partial charge in [0.25, 0.3) is 0 Å². The highest BCUT2D eigenvalue weighted by molar-refractivity contribution is 7.22. The molecule has 0 radical (unpaired) electrons. The second-order valence-electron chi connectivity index (χ2n) is 5.42. The molecule has 1 aromatic heterocycles. The maximum absolute atomic E-state index is 12.2. The number of hydrogen-bond acceptors (Lipinski definition) is 3. The molecule has 1 heterocycles. The van der Waals surface area contributed by atoms with E-state index in [2.05, 4.69) is 48.4 Å². The molecule has 3 rings (SSSR count). The molecule has 20 heavy (non-hydrogen) atoms. The molecule has 0 aliphatic heterocycles. The van der Waals surface area contributed by atoms with E-state index in [1.165, 1.54) is 5.56 Å². The summed E-state index contributed by atoms with van der Waals surface area (Å²) in [6, 6.07) is 4.25. The molecule has 2 aromatic rings. The number of amides is 1. The highest BCUT2D eigenvalue weighted by Gasteiger charge is 2.20. The van der Waals surface area contributed by atoms with Gasteiger partial charge in [0, 0.05) is 5.92 Å². The first kappa shape index (κ1) is 13.3. The largest absolute Gasteiger partial charge is 0.302 e. The molecule has 3 nitrogen and oxygen atoms in total. The van der Waals surface area contributed by atoms with Gasteiger partial charge in [-0.3, -0.25) is 4.79 Å². The molecule has 1 aromatic carbocycles. The maximum Gasteiger partial charge on any atom is 0.229 e. The number of aromatic nitrogens is 1. The number of benzene rings is 1. The van der Waals surface area contributed by atoms with Crippen LogP contribution in [-0.2, 0) is 4.79 Å². The Morgan fingerprint density at radius 2 is 2.20 bits per heavy atom. The van der Waals surface area contributed by atoms with Gasteiger partial charge in [0.05, 0.1) is 10.2 Å². The molecule has 0 bridgehead atoms. The molecule has 0 fully saturated rings. The van der Waals surface area contributed by atoms with Gasteiger partial charge in [0.2, 0.25) is 5.91 Å². The predicted octanol–water partition coefficient (Wildman–Crippen LogP) is 4.21. The van der Waals surface area contributed by atoms with E-state index < -0.39 is 0 Å². The Morgan fingerprint density at radius 3 is 2.95 bits per heavy atom. The Hall–Kier alpha value is -1.68. The van der Waals surface area contributed by atoms with Crippen LogP contribution in [0.5, 0.6) is 0 Å². The van der Waals surface area contributed by atoms with Crippen molar-refractivity contribution in [3.8, 4) is 0 Å². The van der Waals surface area contributed by atoms with E-state index in [9.17, 15) is 4.79 Å². The van der Waals surface area contributed by atoms with Gasteiger partial charge in [-0.05, 0) is 50.3 Å². The number of carbonyl (C=O) groups excluding carboxylic acids is 1. The minimum atomic E-state index is 0.0924. The molecule has 1 amide bonds. The number of fused-ring (bicyclic) bond motifs is 1. The maximum atomic E-state index is 12.2. The van der Waals surface area contributed by atoms with E-state index >= 15 is 0 Å². The minimum Gasteiger partial charge on any atom is -0.302 e. The van der Waals surface area contributed by atoms with Gasteiger partial charge in [0.1, 0.15) is 0 Å². The summed E-state index contributed by atoms with van der Waals surface area (Å²) >= 11 is 1.56. The summed E-state index contributed by atoms with van der Waals surface area (Å²) in [5.74, 6) is 0.192. The Kier molecular flexibility index (Phi) is 3.57. The van der Waals surface area contributed by atoms with Crippen LogP contribution in [0.1, 0.15) is 30.4 Å². The van der Waals surface area contributed by atoms with Gasteiger partial charge < -0.3 is 5.32 Å². The highest BCUT2D eigenvalue weighted by Crippen LogP contribution is 2.30. The Labute approximate surface area is 122 Å². The van der Waals surface area contributed by atoms with Gasteiger partial charge in [-0.1, -0.05) is 29.6 Å². The number of nitrogens with zero attached hydrogens (tertiary/aromatic N) is 1. The van der Waals surface area contributed by atoms with Crippen LogP contribution in [0.3, 0.4) is 0 Å². The smallest absolute Gasteiger partial charge is 0.229 e. The summed E-state index contributed by atoms with van der Waals surface area (Å²) < 4.78 is 1.14. The average Bonchev–Trinajstić information content (AvgIpc) is 2.82. The molecule has 0 saturated carbocycles. The first-order valence-electron chi connectivity index (χ1n) is 6.97. The molecule has 104 valence electrons. The second kappa shape index (κ2) is 5.37. The summed E-state index contributed by atoms with van der Waals surface area (Å²) in [5.41, 5.74) is 3.39. The van der Waals surface area contributed by atoms with E-state index in [0.717, 1.165) is 35.0 Å². The van der Waals surface area contributed by atoms with Crippen LogP contribution in [-0.4, -0.2) is 10.9 Å². The Bertz CT molecular complexity index is 687. The van der Waals surface area contributed by atoms with Crippen LogP contribution in [0, 0.1) is 19.8 Å². The fraction of sp³-hybridized carbons (Fsp3) is 0.375. The molecule has 4 heteroatoms. The molecule has 1 aliphatic rings. The van der Waals surface area contributed by atoms with Crippen LogP contribution in [0.15, 0.2) is 24.3 Å². The summed E-state index contributed by atoms with van der Waals surface area (Å²) in [7, 11) is 0. The molecule has 1 N–H and O–H groups in total. The van der Waals surface area contributed by atoms with Crippen molar-refractivity contribution in [2.75, 3.05) is 5.32 Å². The van der Waals surface area contributed by atoms with E-state index in [-0.39, 0.29) is 11.8 Å². The number of anilines is 1. The van der Waals surface area contributed by atoms with Crippen molar-refractivity contribution in [3.05, 3.63) is 35.4 Å². The van der Waals surface area contributed by atoms with Crippen molar-refractivity contribution >= 4 is 32.6 Å². The van der Waals surface area contributed by atoms with Gasteiger partial charge in [-0.15, -0.1) is 0 Å². The van der Waals surface area contributed by atoms with Gasteiger partial charge in [0.15, 0.2) is 5.13 Å². The predicted molar refractivity (Wildman–Crippen MR) is 84.2 cm³/mol. The van der Waals surface area contributed by atoms with Crippen LogP contribution in [0.2, 0.25) is 0 Å². The number of rotatable bonds is 2. The zero-order chi connectivity index (χ0) is 14.1. The lowest BCUT2D eigenvalue weighted by Crippen LogP contribution is -2.23. The van der Waals surface area contributed by atoms with E-state index in [4.69, 9.17) is 0 Å². The first-order chi connectivity index (χ1) is 9.63. The fourth-order valence-corrected chi connectivity index (χ4v) is 3.71. The lowest BCUT2D eigenvalue weighted by Gasteiger charge is -2.15. The van der Waals surface area contributed by atoms with Crippen molar-refractivity contribution in [3.63, 3.8) is 0 Å². The Balaban J connectivity index is 1.82. The number of thiazole rings is 1. The molecule has 1 unspecified atom stereocenters. The van der Waals surface area contributed by atoms with Crippen molar-refractivity contribution in [2.45, 2.75) is 33.1 Å². The zero-order valence-corrected chi connectivity index (χ0v) is 12.6. The summed E-state index contributed by atoms with van der Waals surface area (Å²) in [6.07, 6.45) is 7.02. The quantitative estimate of drug-likeness (QED) is 0.840. The molecular weight excluding hydrogens is 268 g/mol. The standard InChI is InChI=1S/C16H18N2OS/c1-10-8-11(2)14-13(9-10)20-16(17-14)18-15(19)12-6-4-3-5-7-12/h3-4,8-9,12H,5-7H2,1-2H3,(H,17,18,19). The number of carbonyl (C=O) groups is 1. The van der Waals surface area contributed by atoms with Crippen LogP contribution < -0.4 is 5.32 Å². The van der Waals surface area contributed by atoms with Crippen molar-refractivity contribution in [2.24, 2.45) is 5.92 Å². The van der Waals surface area contributed by atoms with Gasteiger partial charge in [-0.25, -0.2) is 4.98 Å². The number of hydrogen-bond donors (Lipinski definition) is 1. The lowest BCUT2D eigenvalue weighted by atomic mass is 9.94. The van der Waals surface area contributed by atoms with E-state index in [1.807, 2.05) is 0 Å². The lowest BCUT2D eigenvalue weighted by molar-refractivity contribution is -0.120. The van der Waals surface area contributed by atoms with E-state index in [0.29, 0.717) is 5.13 Å². The monoisotopic (exact) mass is 286 g/mol. The summed E-state index contributed by atoms with van der Waals surface area (Å²) in [6.45, 7) is 4.14. The van der Waals surface area contributed by atoms with Crippen molar-refractivity contribution in [1.29, 1.82) is 0 Å².